The number of benzene rings is 1. The molecule has 0 fully saturated rings. The third kappa shape index (κ3) is 1.78. The summed E-state index contributed by atoms with van der Waals surface area (Å²) >= 11 is 3.40. The summed E-state index contributed by atoms with van der Waals surface area (Å²) in [4.78, 5) is 4.16. The first kappa shape index (κ1) is 11.0. The molecule has 2 aromatic rings. The molecule has 84 valence electrons. The number of methoxy groups -OCH3 is 1. The van der Waals surface area contributed by atoms with Crippen molar-refractivity contribution in [3.05, 3.63) is 28.9 Å². The van der Waals surface area contributed by atoms with Gasteiger partial charge in [-0.25, -0.2) is 4.98 Å². The number of halogens is 1. The van der Waals surface area contributed by atoms with Crippen LogP contribution in [0.25, 0.3) is 11.3 Å². The number of nitrogen functional groups attached to an aromatic ring is 1. The first-order valence-electron chi connectivity index (χ1n) is 4.75. The van der Waals surface area contributed by atoms with Gasteiger partial charge in [0.25, 0.3) is 0 Å². The molecule has 0 atom stereocenters. The van der Waals surface area contributed by atoms with E-state index in [0.29, 0.717) is 5.95 Å². The van der Waals surface area contributed by atoms with Crippen LogP contribution in [0.15, 0.2) is 28.9 Å². The summed E-state index contributed by atoms with van der Waals surface area (Å²) in [6.07, 6.45) is 0. The second kappa shape index (κ2) is 4.17. The molecule has 0 amide bonds. The second-order valence-electron chi connectivity index (χ2n) is 3.40. The van der Waals surface area contributed by atoms with Gasteiger partial charge in [0, 0.05) is 12.6 Å². The minimum absolute atomic E-state index is 0.477. The maximum Gasteiger partial charge on any atom is 0.201 e. The highest BCUT2D eigenvalue weighted by Gasteiger charge is 2.12. The van der Waals surface area contributed by atoms with Gasteiger partial charge in [0.1, 0.15) is 10.4 Å². The molecule has 2 rings (SSSR count). The van der Waals surface area contributed by atoms with Gasteiger partial charge in [-0.3, -0.25) is 0 Å². The third-order valence-electron chi connectivity index (χ3n) is 2.43. The fourth-order valence-electron chi connectivity index (χ4n) is 1.56. The zero-order chi connectivity index (χ0) is 11.7. The van der Waals surface area contributed by atoms with Crippen LogP contribution in [0.5, 0.6) is 5.75 Å². The number of nitrogens with two attached hydrogens (primary N) is 1. The summed E-state index contributed by atoms with van der Waals surface area (Å²) in [5, 5.41) is 0. The monoisotopic (exact) mass is 281 g/mol. The summed E-state index contributed by atoms with van der Waals surface area (Å²) < 4.78 is 7.76. The third-order valence-corrected chi connectivity index (χ3v) is 2.98. The molecule has 0 saturated heterocycles. The van der Waals surface area contributed by atoms with Crippen molar-refractivity contribution in [2.75, 3.05) is 12.8 Å². The van der Waals surface area contributed by atoms with Crippen molar-refractivity contribution in [3.63, 3.8) is 0 Å². The molecule has 0 radical (unpaired) electrons. The van der Waals surface area contributed by atoms with E-state index in [2.05, 4.69) is 20.9 Å². The summed E-state index contributed by atoms with van der Waals surface area (Å²) in [6, 6.07) is 7.77. The molecule has 0 saturated carbocycles. The van der Waals surface area contributed by atoms with E-state index in [1.54, 1.807) is 7.11 Å². The Hall–Kier alpha value is -1.49. The van der Waals surface area contributed by atoms with Gasteiger partial charge in [-0.05, 0) is 28.1 Å². The number of hydrogen-bond acceptors (Lipinski definition) is 3. The van der Waals surface area contributed by atoms with Crippen molar-refractivity contribution >= 4 is 21.9 Å². The molecule has 0 aliphatic heterocycles. The number of rotatable bonds is 2. The van der Waals surface area contributed by atoms with Gasteiger partial charge in [0.05, 0.1) is 12.8 Å². The van der Waals surface area contributed by atoms with E-state index < -0.39 is 0 Å². The standard InChI is InChI=1S/C11H12BrN3O/c1-15-9(10(12)14-11(15)13)7-4-3-5-8(6-7)16-2/h3-6H,1-2H3,(H2,13,14). The van der Waals surface area contributed by atoms with Crippen LogP contribution in [0.3, 0.4) is 0 Å². The molecule has 0 unspecified atom stereocenters. The van der Waals surface area contributed by atoms with Crippen molar-refractivity contribution in [2.24, 2.45) is 7.05 Å². The maximum atomic E-state index is 5.74. The van der Waals surface area contributed by atoms with Gasteiger partial charge in [-0.2, -0.15) is 0 Å². The predicted octanol–water partition coefficient (Wildman–Crippen LogP) is 2.44. The highest BCUT2D eigenvalue weighted by molar-refractivity contribution is 9.10. The Bertz CT molecular complexity index is 522. The van der Waals surface area contributed by atoms with E-state index in [-0.39, 0.29) is 0 Å². The molecule has 1 aromatic heterocycles. The highest BCUT2D eigenvalue weighted by Crippen LogP contribution is 2.31. The molecule has 1 heterocycles. The lowest BCUT2D eigenvalue weighted by molar-refractivity contribution is 0.415. The van der Waals surface area contributed by atoms with Crippen LogP contribution in [-0.2, 0) is 7.05 Å². The fourth-order valence-corrected chi connectivity index (χ4v) is 2.24. The topological polar surface area (TPSA) is 53.1 Å². The number of aromatic nitrogens is 2. The summed E-state index contributed by atoms with van der Waals surface area (Å²) in [6.45, 7) is 0. The zero-order valence-electron chi connectivity index (χ0n) is 9.07. The van der Waals surface area contributed by atoms with Crippen LogP contribution in [0.4, 0.5) is 5.95 Å². The van der Waals surface area contributed by atoms with Crippen molar-refractivity contribution < 1.29 is 4.74 Å². The number of nitrogens with zero attached hydrogens (tertiary/aromatic N) is 2. The average Bonchev–Trinajstić information content (AvgIpc) is 2.53. The van der Waals surface area contributed by atoms with Gasteiger partial charge in [-0.1, -0.05) is 12.1 Å². The number of imidazole rings is 1. The molecule has 0 bridgehead atoms. The predicted molar refractivity (Wildman–Crippen MR) is 67.3 cm³/mol. The lowest BCUT2D eigenvalue weighted by Crippen LogP contribution is -1.98. The quantitative estimate of drug-likeness (QED) is 0.920. The second-order valence-corrected chi connectivity index (χ2v) is 4.15. The molecule has 5 heteroatoms. The molecular formula is C11H12BrN3O. The molecule has 0 spiro atoms. The SMILES string of the molecule is COc1cccc(-c2c(Br)nc(N)n2C)c1. The molecular weight excluding hydrogens is 270 g/mol. The Morgan fingerprint density at radius 1 is 1.44 bits per heavy atom. The fraction of sp³-hybridized carbons (Fsp3) is 0.182. The number of hydrogen-bond donors (Lipinski definition) is 1. The van der Waals surface area contributed by atoms with Gasteiger partial charge in [-0.15, -0.1) is 0 Å². The van der Waals surface area contributed by atoms with Crippen LogP contribution in [0.1, 0.15) is 0 Å². The summed E-state index contributed by atoms with van der Waals surface area (Å²) in [7, 11) is 3.52. The summed E-state index contributed by atoms with van der Waals surface area (Å²) in [5.41, 5.74) is 7.69. The van der Waals surface area contributed by atoms with E-state index in [4.69, 9.17) is 10.5 Å². The Balaban J connectivity index is 2.58. The lowest BCUT2D eigenvalue weighted by Gasteiger charge is -2.06. The molecule has 4 nitrogen and oxygen atoms in total. The van der Waals surface area contributed by atoms with E-state index >= 15 is 0 Å². The van der Waals surface area contributed by atoms with Crippen LogP contribution in [-0.4, -0.2) is 16.7 Å². The lowest BCUT2D eigenvalue weighted by atomic mass is 10.1. The Kier molecular flexibility index (Phi) is 2.87. The van der Waals surface area contributed by atoms with E-state index in [1.165, 1.54) is 0 Å². The molecule has 1 aromatic carbocycles. The smallest absolute Gasteiger partial charge is 0.201 e. The van der Waals surface area contributed by atoms with Crippen molar-refractivity contribution in [3.8, 4) is 17.0 Å². The van der Waals surface area contributed by atoms with Crippen LogP contribution >= 0.6 is 15.9 Å². The Morgan fingerprint density at radius 3 is 2.75 bits per heavy atom. The maximum absolute atomic E-state index is 5.74. The minimum Gasteiger partial charge on any atom is -0.497 e. The molecule has 0 aliphatic rings. The normalized spacial score (nSPS) is 10.4. The minimum atomic E-state index is 0.477. The zero-order valence-corrected chi connectivity index (χ0v) is 10.7. The Labute approximate surface area is 102 Å². The summed E-state index contributed by atoms with van der Waals surface area (Å²) in [5.74, 6) is 1.29. The van der Waals surface area contributed by atoms with Crippen molar-refractivity contribution in [2.45, 2.75) is 0 Å². The Morgan fingerprint density at radius 2 is 2.19 bits per heavy atom. The van der Waals surface area contributed by atoms with E-state index in [9.17, 15) is 0 Å². The van der Waals surface area contributed by atoms with Crippen molar-refractivity contribution in [1.29, 1.82) is 0 Å². The highest BCUT2D eigenvalue weighted by atomic mass is 79.9. The largest absolute Gasteiger partial charge is 0.497 e. The van der Waals surface area contributed by atoms with Crippen molar-refractivity contribution in [1.82, 2.24) is 9.55 Å². The van der Waals surface area contributed by atoms with Gasteiger partial charge < -0.3 is 15.0 Å². The van der Waals surface area contributed by atoms with Crippen LogP contribution < -0.4 is 10.5 Å². The molecule has 16 heavy (non-hydrogen) atoms. The van der Waals surface area contributed by atoms with Gasteiger partial charge in [0.15, 0.2) is 0 Å². The first-order chi connectivity index (χ1) is 7.63. The molecule has 2 N–H and O–H groups in total. The van der Waals surface area contributed by atoms with Gasteiger partial charge in [0.2, 0.25) is 5.95 Å². The average molecular weight is 282 g/mol. The van der Waals surface area contributed by atoms with Gasteiger partial charge >= 0.3 is 0 Å². The van der Waals surface area contributed by atoms with E-state index in [1.807, 2.05) is 35.9 Å². The van der Waals surface area contributed by atoms with E-state index in [0.717, 1.165) is 21.6 Å². The number of anilines is 1. The van der Waals surface area contributed by atoms with Crippen LogP contribution in [0, 0.1) is 0 Å². The molecule has 0 aliphatic carbocycles. The number of ether oxygens (including phenoxy) is 1. The van der Waals surface area contributed by atoms with Crippen LogP contribution in [0.2, 0.25) is 0 Å². The first-order valence-corrected chi connectivity index (χ1v) is 5.55.